The minimum atomic E-state index is -1.03. The first-order valence-corrected chi connectivity index (χ1v) is 7.19. The number of benzene rings is 1. The lowest BCUT2D eigenvalue weighted by atomic mass is 9.88. The Balaban J connectivity index is 2.67. The van der Waals surface area contributed by atoms with Crippen molar-refractivity contribution in [2.24, 2.45) is 0 Å². The molecule has 0 aliphatic heterocycles. The van der Waals surface area contributed by atoms with Crippen LogP contribution in [0.4, 0.5) is 4.39 Å². The summed E-state index contributed by atoms with van der Waals surface area (Å²) in [6, 6.07) is 7.60. The van der Waals surface area contributed by atoms with Crippen LogP contribution >= 0.6 is 15.9 Å². The van der Waals surface area contributed by atoms with E-state index in [4.69, 9.17) is 0 Å². The van der Waals surface area contributed by atoms with Gasteiger partial charge in [0.15, 0.2) is 0 Å². The highest BCUT2D eigenvalue weighted by molar-refractivity contribution is 9.10. The average Bonchev–Trinajstić information content (AvgIpc) is 2.40. The minimum absolute atomic E-state index is 0.140. The highest BCUT2D eigenvalue weighted by Crippen LogP contribution is 2.30. The molecule has 0 radical (unpaired) electrons. The molecule has 1 aromatic heterocycles. The van der Waals surface area contributed by atoms with Crippen LogP contribution in [0, 0.1) is 5.82 Å². The molecule has 0 unspecified atom stereocenters. The quantitative estimate of drug-likeness (QED) is 0.856. The normalized spacial score (nSPS) is 11.5. The van der Waals surface area contributed by atoms with E-state index in [1.165, 1.54) is 18.2 Å². The molecule has 0 aliphatic carbocycles. The van der Waals surface area contributed by atoms with E-state index in [1.807, 2.05) is 20.8 Å². The van der Waals surface area contributed by atoms with E-state index < -0.39 is 17.2 Å². The number of rotatable bonds is 2. The van der Waals surface area contributed by atoms with Crippen molar-refractivity contribution >= 4 is 21.9 Å². The molecule has 0 saturated carbocycles. The van der Waals surface area contributed by atoms with Gasteiger partial charge >= 0.3 is 5.97 Å². The van der Waals surface area contributed by atoms with Crippen LogP contribution in [0.1, 0.15) is 36.8 Å². The Hall–Kier alpha value is -1.75. The molecule has 1 aromatic carbocycles. The molecule has 110 valence electrons. The maximum atomic E-state index is 14.0. The first-order chi connectivity index (χ1) is 9.70. The zero-order valence-corrected chi connectivity index (χ0v) is 13.5. The molecule has 0 spiro atoms. The maximum absolute atomic E-state index is 14.0. The SMILES string of the molecule is CC(C)(C)c1nc(-c2cc(Br)ccc2F)ccc1C(=O)O. The Morgan fingerprint density at radius 2 is 1.90 bits per heavy atom. The maximum Gasteiger partial charge on any atom is 0.337 e. The summed E-state index contributed by atoms with van der Waals surface area (Å²) in [5.74, 6) is -1.43. The van der Waals surface area contributed by atoms with E-state index in [-0.39, 0.29) is 5.56 Å². The van der Waals surface area contributed by atoms with Gasteiger partial charge in [0.1, 0.15) is 5.82 Å². The van der Waals surface area contributed by atoms with Gasteiger partial charge in [0.25, 0.3) is 0 Å². The molecule has 0 bridgehead atoms. The third-order valence-corrected chi connectivity index (χ3v) is 3.53. The van der Waals surface area contributed by atoms with Gasteiger partial charge in [0.2, 0.25) is 0 Å². The molecule has 3 nitrogen and oxygen atoms in total. The highest BCUT2D eigenvalue weighted by Gasteiger charge is 2.24. The van der Waals surface area contributed by atoms with Crippen LogP contribution in [-0.4, -0.2) is 16.1 Å². The van der Waals surface area contributed by atoms with E-state index in [9.17, 15) is 14.3 Å². The number of aromatic carboxylic acids is 1. The Kier molecular flexibility index (Phi) is 4.14. The fraction of sp³-hybridized carbons (Fsp3) is 0.250. The van der Waals surface area contributed by atoms with Crippen molar-refractivity contribution in [1.29, 1.82) is 0 Å². The molecule has 0 saturated heterocycles. The van der Waals surface area contributed by atoms with Crippen molar-refractivity contribution in [2.75, 3.05) is 0 Å². The van der Waals surface area contributed by atoms with Gasteiger partial charge in [-0.1, -0.05) is 36.7 Å². The number of aromatic nitrogens is 1. The largest absolute Gasteiger partial charge is 0.478 e. The van der Waals surface area contributed by atoms with Crippen LogP contribution in [0.15, 0.2) is 34.8 Å². The molecule has 2 aromatic rings. The van der Waals surface area contributed by atoms with Crippen molar-refractivity contribution in [2.45, 2.75) is 26.2 Å². The summed E-state index contributed by atoms with van der Waals surface area (Å²) in [7, 11) is 0. The van der Waals surface area contributed by atoms with Crippen molar-refractivity contribution in [3.63, 3.8) is 0 Å². The third-order valence-electron chi connectivity index (χ3n) is 3.04. The summed E-state index contributed by atoms with van der Waals surface area (Å²) >= 11 is 3.30. The Morgan fingerprint density at radius 3 is 2.48 bits per heavy atom. The zero-order chi connectivity index (χ0) is 15.8. The number of carbonyl (C=O) groups is 1. The molecular formula is C16H15BrFNO2. The predicted octanol–water partition coefficient (Wildman–Crippen LogP) is 4.65. The van der Waals surface area contributed by atoms with E-state index in [2.05, 4.69) is 20.9 Å². The number of carboxylic acid groups (broad SMARTS) is 1. The molecule has 0 fully saturated rings. The van der Waals surface area contributed by atoms with Crippen LogP contribution < -0.4 is 0 Å². The van der Waals surface area contributed by atoms with Crippen molar-refractivity contribution in [1.82, 2.24) is 4.98 Å². The first kappa shape index (κ1) is 15.6. The summed E-state index contributed by atoms with van der Waals surface area (Å²) in [5.41, 5.74) is 0.885. The van der Waals surface area contributed by atoms with Crippen LogP contribution in [0.2, 0.25) is 0 Å². The van der Waals surface area contributed by atoms with Crippen molar-refractivity contribution in [3.8, 4) is 11.3 Å². The van der Waals surface area contributed by atoms with E-state index in [1.54, 1.807) is 12.1 Å². The van der Waals surface area contributed by atoms with E-state index >= 15 is 0 Å². The monoisotopic (exact) mass is 351 g/mol. The number of hydrogen-bond donors (Lipinski definition) is 1. The van der Waals surface area contributed by atoms with Crippen molar-refractivity contribution < 1.29 is 14.3 Å². The average molecular weight is 352 g/mol. The lowest BCUT2D eigenvalue weighted by molar-refractivity contribution is 0.0693. The molecule has 5 heteroatoms. The van der Waals surface area contributed by atoms with Gasteiger partial charge < -0.3 is 5.11 Å². The van der Waals surface area contributed by atoms with Gasteiger partial charge in [-0.05, 0) is 30.3 Å². The number of halogens is 2. The summed E-state index contributed by atoms with van der Waals surface area (Å²) in [6.45, 7) is 5.63. The van der Waals surface area contributed by atoms with E-state index in [0.717, 1.165) is 4.47 Å². The van der Waals surface area contributed by atoms with Gasteiger partial charge in [-0.3, -0.25) is 4.98 Å². The zero-order valence-electron chi connectivity index (χ0n) is 11.9. The molecule has 21 heavy (non-hydrogen) atoms. The number of nitrogens with zero attached hydrogens (tertiary/aromatic N) is 1. The molecule has 0 atom stereocenters. The molecule has 0 amide bonds. The number of pyridine rings is 1. The van der Waals surface area contributed by atoms with Gasteiger partial charge in [0.05, 0.1) is 17.0 Å². The summed E-state index contributed by atoms with van der Waals surface area (Å²) in [5, 5.41) is 9.27. The second-order valence-corrected chi connectivity index (χ2v) is 6.69. The number of hydrogen-bond acceptors (Lipinski definition) is 2. The summed E-state index contributed by atoms with van der Waals surface area (Å²) in [4.78, 5) is 15.7. The lowest BCUT2D eigenvalue weighted by Crippen LogP contribution is -2.19. The topological polar surface area (TPSA) is 50.2 Å². The van der Waals surface area contributed by atoms with E-state index in [0.29, 0.717) is 17.0 Å². The Bertz CT molecular complexity index is 708. The lowest BCUT2D eigenvalue weighted by Gasteiger charge is -2.21. The van der Waals surface area contributed by atoms with Gasteiger partial charge in [0, 0.05) is 15.5 Å². The fourth-order valence-electron chi connectivity index (χ4n) is 2.05. The van der Waals surface area contributed by atoms with Gasteiger partial charge in [-0.2, -0.15) is 0 Å². The molecule has 2 rings (SSSR count). The third kappa shape index (κ3) is 3.29. The second kappa shape index (κ2) is 5.56. The first-order valence-electron chi connectivity index (χ1n) is 6.40. The van der Waals surface area contributed by atoms with Crippen LogP contribution in [0.25, 0.3) is 11.3 Å². The van der Waals surface area contributed by atoms with Gasteiger partial charge in [-0.15, -0.1) is 0 Å². The minimum Gasteiger partial charge on any atom is -0.478 e. The predicted molar refractivity (Wildman–Crippen MR) is 83.0 cm³/mol. The van der Waals surface area contributed by atoms with Gasteiger partial charge in [-0.25, -0.2) is 9.18 Å². The molecule has 1 heterocycles. The fourth-order valence-corrected chi connectivity index (χ4v) is 2.41. The molecule has 1 N–H and O–H groups in total. The standard InChI is InChI=1S/C16H15BrFNO2/c1-16(2,3)14-10(15(20)21)5-7-13(19-14)11-8-9(17)4-6-12(11)18/h4-8H,1-3H3,(H,20,21). The molecular weight excluding hydrogens is 337 g/mol. The number of carboxylic acids is 1. The summed E-state index contributed by atoms with van der Waals surface area (Å²) in [6.07, 6.45) is 0. The molecule has 0 aliphatic rings. The van der Waals surface area contributed by atoms with Crippen molar-refractivity contribution in [3.05, 3.63) is 51.9 Å². The summed E-state index contributed by atoms with van der Waals surface area (Å²) < 4.78 is 14.7. The van der Waals surface area contributed by atoms with Crippen LogP contribution in [-0.2, 0) is 5.41 Å². The second-order valence-electron chi connectivity index (χ2n) is 5.77. The smallest absolute Gasteiger partial charge is 0.337 e. The van der Waals surface area contributed by atoms with Crippen LogP contribution in [0.3, 0.4) is 0 Å². The van der Waals surface area contributed by atoms with Crippen LogP contribution in [0.5, 0.6) is 0 Å². The Labute approximate surface area is 131 Å². The Morgan fingerprint density at radius 1 is 1.24 bits per heavy atom. The highest BCUT2D eigenvalue weighted by atomic mass is 79.9.